The molecule has 1 rings (SSSR count). The number of halogens is 1. The summed E-state index contributed by atoms with van der Waals surface area (Å²) in [5, 5.41) is 5.06. The summed E-state index contributed by atoms with van der Waals surface area (Å²) >= 11 is 6.38. The average molecular weight is 326 g/mol. The van der Waals surface area contributed by atoms with E-state index >= 15 is 0 Å². The van der Waals surface area contributed by atoms with E-state index in [1.165, 1.54) is 0 Å². The molecule has 1 heterocycles. The fraction of sp³-hybridized carbons (Fsp3) is 0.647. The van der Waals surface area contributed by atoms with Gasteiger partial charge in [-0.05, 0) is 31.8 Å². The molecule has 5 heteroatoms. The maximum atomic E-state index is 12.3. The normalized spacial score (nSPS) is 11.6. The van der Waals surface area contributed by atoms with Gasteiger partial charge < -0.3 is 4.90 Å². The average Bonchev–Trinajstić information content (AvgIpc) is 2.70. The van der Waals surface area contributed by atoms with E-state index in [4.69, 9.17) is 11.6 Å². The van der Waals surface area contributed by atoms with E-state index in [1.807, 2.05) is 16.5 Å². The number of hydrogen-bond donors (Lipinski definition) is 0. The van der Waals surface area contributed by atoms with Crippen LogP contribution < -0.4 is 0 Å². The van der Waals surface area contributed by atoms with Crippen molar-refractivity contribution in [2.45, 2.75) is 54.0 Å². The Morgan fingerprint density at radius 2 is 1.91 bits per heavy atom. The van der Waals surface area contributed by atoms with Crippen molar-refractivity contribution in [3.05, 3.63) is 22.5 Å². The standard InChI is InChI=1S/C17H28ClN3O/c1-6-10-20(11-7-2)16(22)9-8-15-14(5)19-21(17(15)18)12-13(3)4/h8-9,13H,6-7,10-12H2,1-5H3/b9-8+. The van der Waals surface area contributed by atoms with Crippen molar-refractivity contribution in [1.29, 1.82) is 0 Å². The third kappa shape index (κ3) is 5.16. The van der Waals surface area contributed by atoms with Crippen LogP contribution in [0, 0.1) is 12.8 Å². The molecule has 0 spiro atoms. The molecule has 124 valence electrons. The lowest BCUT2D eigenvalue weighted by atomic mass is 10.2. The first-order chi connectivity index (χ1) is 10.4. The van der Waals surface area contributed by atoms with Crippen LogP contribution in [0.25, 0.3) is 6.08 Å². The molecule has 0 aliphatic heterocycles. The Bertz CT molecular complexity index is 514. The highest BCUT2D eigenvalue weighted by Gasteiger charge is 2.13. The van der Waals surface area contributed by atoms with Crippen molar-refractivity contribution in [2.75, 3.05) is 13.1 Å². The number of aromatic nitrogens is 2. The van der Waals surface area contributed by atoms with Crippen LogP contribution in [0.1, 0.15) is 51.8 Å². The van der Waals surface area contributed by atoms with Crippen LogP contribution in [-0.4, -0.2) is 33.7 Å². The zero-order chi connectivity index (χ0) is 16.7. The van der Waals surface area contributed by atoms with Gasteiger partial charge in [0.05, 0.1) is 5.69 Å². The van der Waals surface area contributed by atoms with Crippen molar-refractivity contribution >= 4 is 23.6 Å². The molecule has 4 nitrogen and oxygen atoms in total. The first-order valence-electron chi connectivity index (χ1n) is 8.10. The van der Waals surface area contributed by atoms with Gasteiger partial charge in [-0.25, -0.2) is 0 Å². The van der Waals surface area contributed by atoms with Crippen molar-refractivity contribution in [2.24, 2.45) is 5.92 Å². The van der Waals surface area contributed by atoms with Crippen LogP contribution in [0.15, 0.2) is 6.08 Å². The summed E-state index contributed by atoms with van der Waals surface area (Å²) in [5.74, 6) is 0.510. The van der Waals surface area contributed by atoms with Crippen LogP contribution in [0.3, 0.4) is 0 Å². The zero-order valence-electron chi connectivity index (χ0n) is 14.4. The number of rotatable bonds is 8. The number of carbonyl (C=O) groups excluding carboxylic acids is 1. The van der Waals surface area contributed by atoms with Gasteiger partial charge in [0.1, 0.15) is 5.15 Å². The molecule has 0 saturated heterocycles. The summed E-state index contributed by atoms with van der Waals surface area (Å²) < 4.78 is 1.81. The Kier molecular flexibility index (Phi) is 7.66. The number of nitrogens with zero attached hydrogens (tertiary/aromatic N) is 3. The number of hydrogen-bond acceptors (Lipinski definition) is 2. The minimum Gasteiger partial charge on any atom is -0.339 e. The van der Waals surface area contributed by atoms with Gasteiger partial charge in [0.15, 0.2) is 0 Å². The van der Waals surface area contributed by atoms with Crippen LogP contribution in [0.4, 0.5) is 0 Å². The Hall–Kier alpha value is -1.29. The maximum Gasteiger partial charge on any atom is 0.246 e. The van der Waals surface area contributed by atoms with E-state index in [-0.39, 0.29) is 5.91 Å². The lowest BCUT2D eigenvalue weighted by molar-refractivity contribution is -0.126. The molecule has 1 aromatic rings. The third-order valence-corrected chi connectivity index (χ3v) is 3.74. The molecule has 0 N–H and O–H groups in total. The van der Waals surface area contributed by atoms with Gasteiger partial charge in [-0.3, -0.25) is 9.48 Å². The Morgan fingerprint density at radius 3 is 2.41 bits per heavy atom. The second kappa shape index (κ2) is 8.99. The van der Waals surface area contributed by atoms with Crippen LogP contribution in [0.5, 0.6) is 0 Å². The quantitative estimate of drug-likeness (QED) is 0.673. The van der Waals surface area contributed by atoms with E-state index in [1.54, 1.807) is 12.2 Å². The Morgan fingerprint density at radius 1 is 1.32 bits per heavy atom. The highest BCUT2D eigenvalue weighted by Crippen LogP contribution is 2.22. The minimum atomic E-state index is 0.0378. The largest absolute Gasteiger partial charge is 0.339 e. The molecule has 0 fully saturated rings. The van der Waals surface area contributed by atoms with Gasteiger partial charge >= 0.3 is 0 Å². The van der Waals surface area contributed by atoms with Gasteiger partial charge in [0.2, 0.25) is 5.91 Å². The molecular formula is C17H28ClN3O. The highest BCUT2D eigenvalue weighted by atomic mass is 35.5. The van der Waals surface area contributed by atoms with E-state index in [9.17, 15) is 4.79 Å². The Labute approximate surface area is 139 Å². The predicted molar refractivity (Wildman–Crippen MR) is 93.0 cm³/mol. The van der Waals surface area contributed by atoms with Crippen LogP contribution >= 0.6 is 11.6 Å². The van der Waals surface area contributed by atoms with Gasteiger partial charge in [0.25, 0.3) is 0 Å². The van der Waals surface area contributed by atoms with Crippen molar-refractivity contribution in [1.82, 2.24) is 14.7 Å². The van der Waals surface area contributed by atoms with E-state index < -0.39 is 0 Å². The molecule has 0 atom stereocenters. The van der Waals surface area contributed by atoms with Crippen LogP contribution in [0.2, 0.25) is 5.15 Å². The molecule has 0 bridgehead atoms. The topological polar surface area (TPSA) is 38.1 Å². The maximum absolute atomic E-state index is 12.3. The molecule has 0 aliphatic carbocycles. The summed E-state index contributed by atoms with van der Waals surface area (Å²) in [7, 11) is 0. The SMILES string of the molecule is CCCN(CCC)C(=O)/C=C/c1c(C)nn(CC(C)C)c1Cl. The first kappa shape index (κ1) is 18.8. The van der Waals surface area contributed by atoms with Crippen molar-refractivity contribution in [3.8, 4) is 0 Å². The molecule has 0 saturated carbocycles. The number of carbonyl (C=O) groups is 1. The predicted octanol–water partition coefficient (Wildman–Crippen LogP) is 4.16. The molecule has 22 heavy (non-hydrogen) atoms. The number of aryl methyl sites for hydroxylation is 1. The summed E-state index contributed by atoms with van der Waals surface area (Å²) in [6.45, 7) is 12.7. The van der Waals surface area contributed by atoms with E-state index in [0.29, 0.717) is 11.1 Å². The zero-order valence-corrected chi connectivity index (χ0v) is 15.2. The lowest BCUT2D eigenvalue weighted by Crippen LogP contribution is -2.30. The molecule has 1 amide bonds. The molecular weight excluding hydrogens is 298 g/mol. The van der Waals surface area contributed by atoms with Gasteiger partial charge in [-0.1, -0.05) is 39.3 Å². The molecule has 0 aromatic carbocycles. The molecule has 0 aliphatic rings. The molecule has 1 aromatic heterocycles. The molecule has 0 unspecified atom stereocenters. The smallest absolute Gasteiger partial charge is 0.246 e. The summed E-state index contributed by atoms with van der Waals surface area (Å²) in [5.41, 5.74) is 1.69. The summed E-state index contributed by atoms with van der Waals surface area (Å²) in [6, 6.07) is 0. The minimum absolute atomic E-state index is 0.0378. The monoisotopic (exact) mass is 325 g/mol. The first-order valence-corrected chi connectivity index (χ1v) is 8.48. The molecule has 0 radical (unpaired) electrons. The second-order valence-corrected chi connectivity index (χ2v) is 6.38. The van der Waals surface area contributed by atoms with Gasteiger partial charge in [0, 0.05) is 31.3 Å². The fourth-order valence-electron chi connectivity index (χ4n) is 2.36. The summed E-state index contributed by atoms with van der Waals surface area (Å²) in [6.07, 6.45) is 5.33. The van der Waals surface area contributed by atoms with Crippen molar-refractivity contribution < 1.29 is 4.79 Å². The van der Waals surface area contributed by atoms with Gasteiger partial charge in [-0.15, -0.1) is 0 Å². The van der Waals surface area contributed by atoms with Crippen molar-refractivity contribution in [3.63, 3.8) is 0 Å². The lowest BCUT2D eigenvalue weighted by Gasteiger charge is -2.19. The van der Waals surface area contributed by atoms with Crippen LogP contribution in [-0.2, 0) is 11.3 Å². The van der Waals surface area contributed by atoms with E-state index in [0.717, 1.165) is 43.7 Å². The third-order valence-electron chi connectivity index (χ3n) is 3.34. The van der Waals surface area contributed by atoms with Gasteiger partial charge in [-0.2, -0.15) is 5.10 Å². The fourth-order valence-corrected chi connectivity index (χ4v) is 2.66. The highest BCUT2D eigenvalue weighted by molar-refractivity contribution is 6.31. The Balaban J connectivity index is 2.89. The second-order valence-electron chi connectivity index (χ2n) is 6.02. The summed E-state index contributed by atoms with van der Waals surface area (Å²) in [4.78, 5) is 14.1. The van der Waals surface area contributed by atoms with E-state index in [2.05, 4.69) is 32.8 Å². The number of amides is 1.